The molecule has 0 spiro atoms. The molecule has 130 valence electrons. The molecule has 2 unspecified atom stereocenters. The Hall–Kier alpha value is -0.820. The second kappa shape index (κ2) is 6.24. The molecule has 2 aliphatic carbocycles. The number of rotatable bonds is 5. The van der Waals surface area contributed by atoms with E-state index in [1.54, 1.807) is 0 Å². The van der Waals surface area contributed by atoms with Gasteiger partial charge in [-0.3, -0.25) is 9.89 Å². The number of nitrogens with one attached hydrogen (secondary N) is 2. The summed E-state index contributed by atoms with van der Waals surface area (Å²) >= 11 is 0. The highest BCUT2D eigenvalue weighted by molar-refractivity contribution is 7.91. The molecule has 2 N–H and O–H groups in total. The fraction of sp³-hybridized carbons (Fsp3) is 0.938. The fourth-order valence-electron chi connectivity index (χ4n) is 3.66. The van der Waals surface area contributed by atoms with E-state index in [9.17, 15) is 8.42 Å². The van der Waals surface area contributed by atoms with Crippen molar-refractivity contribution in [1.82, 2.24) is 15.5 Å². The maximum atomic E-state index is 11.6. The highest BCUT2D eigenvalue weighted by atomic mass is 32.2. The molecule has 4 aliphatic rings. The van der Waals surface area contributed by atoms with Gasteiger partial charge in [0.25, 0.3) is 0 Å². The number of aliphatic imine (C=N–C) groups is 1. The summed E-state index contributed by atoms with van der Waals surface area (Å²) in [6.45, 7) is 2.94. The molecule has 0 amide bonds. The van der Waals surface area contributed by atoms with Crippen LogP contribution in [0.3, 0.4) is 0 Å². The third kappa shape index (κ3) is 4.38. The maximum absolute atomic E-state index is 11.6. The average molecular weight is 340 g/mol. The van der Waals surface area contributed by atoms with Gasteiger partial charge in [-0.2, -0.15) is 0 Å². The Morgan fingerprint density at radius 1 is 1.04 bits per heavy atom. The second-order valence-electron chi connectivity index (χ2n) is 7.73. The number of hydrogen-bond acceptors (Lipinski definition) is 4. The van der Waals surface area contributed by atoms with Crippen LogP contribution < -0.4 is 10.6 Å². The lowest BCUT2D eigenvalue weighted by Gasteiger charge is -2.19. The molecule has 7 heteroatoms. The summed E-state index contributed by atoms with van der Waals surface area (Å²) in [6.07, 6.45) is 7.12. The molecule has 4 rings (SSSR count). The Kier molecular flexibility index (Phi) is 4.26. The molecule has 2 atom stereocenters. The molecule has 0 aromatic heterocycles. The van der Waals surface area contributed by atoms with E-state index in [-0.39, 0.29) is 5.92 Å². The fourth-order valence-corrected chi connectivity index (χ4v) is 5.51. The first-order valence-corrected chi connectivity index (χ1v) is 10.9. The Balaban J connectivity index is 1.31. The number of hydrogen-bond donors (Lipinski definition) is 2. The summed E-state index contributed by atoms with van der Waals surface area (Å²) in [7, 11) is -2.80. The van der Waals surface area contributed by atoms with Crippen molar-refractivity contribution < 1.29 is 8.42 Å². The topological polar surface area (TPSA) is 73.8 Å². The van der Waals surface area contributed by atoms with E-state index < -0.39 is 9.84 Å². The van der Waals surface area contributed by atoms with E-state index in [0.29, 0.717) is 30.1 Å². The van der Waals surface area contributed by atoms with E-state index in [0.717, 1.165) is 25.0 Å². The molecule has 2 saturated heterocycles. The van der Waals surface area contributed by atoms with E-state index >= 15 is 0 Å². The van der Waals surface area contributed by atoms with Crippen LogP contribution in [-0.2, 0) is 9.84 Å². The molecular formula is C16H28N4O2S. The minimum Gasteiger partial charge on any atom is -0.354 e. The monoisotopic (exact) mass is 340 g/mol. The first-order chi connectivity index (χ1) is 11.1. The van der Waals surface area contributed by atoms with Gasteiger partial charge in [-0.1, -0.05) is 0 Å². The number of sulfone groups is 1. The second-order valence-corrected chi connectivity index (χ2v) is 9.96. The number of likely N-dealkylation sites (tertiary alicyclic amines) is 1. The largest absolute Gasteiger partial charge is 0.354 e. The smallest absolute Gasteiger partial charge is 0.191 e. The van der Waals surface area contributed by atoms with Gasteiger partial charge in [0.1, 0.15) is 0 Å². The summed E-state index contributed by atoms with van der Waals surface area (Å²) in [5.74, 6) is 1.75. The van der Waals surface area contributed by atoms with Crippen LogP contribution in [0.25, 0.3) is 0 Å². The SMILES string of the molecule is O=S1(=O)CCC(CN=C(NC2CC2)NC2CCN(C3CC3)C2)C1. The Bertz CT molecular complexity index is 569. The normalized spacial score (nSPS) is 34.7. The van der Waals surface area contributed by atoms with Crippen molar-refractivity contribution in [3.63, 3.8) is 0 Å². The van der Waals surface area contributed by atoms with Crippen LogP contribution in [0, 0.1) is 5.92 Å². The highest BCUT2D eigenvalue weighted by Crippen LogP contribution is 2.29. The van der Waals surface area contributed by atoms with Crippen molar-refractivity contribution in [2.75, 3.05) is 31.1 Å². The zero-order valence-electron chi connectivity index (χ0n) is 13.7. The molecule has 6 nitrogen and oxygen atoms in total. The third-order valence-corrected chi connectivity index (χ3v) is 7.21. The summed E-state index contributed by atoms with van der Waals surface area (Å²) < 4.78 is 23.1. The Labute approximate surface area is 139 Å². The lowest BCUT2D eigenvalue weighted by atomic mass is 10.1. The van der Waals surface area contributed by atoms with E-state index in [1.165, 1.54) is 38.6 Å². The Morgan fingerprint density at radius 2 is 1.83 bits per heavy atom. The molecule has 2 aliphatic heterocycles. The van der Waals surface area contributed by atoms with Gasteiger partial charge < -0.3 is 10.6 Å². The van der Waals surface area contributed by atoms with E-state index in [1.807, 2.05) is 0 Å². The Morgan fingerprint density at radius 3 is 2.48 bits per heavy atom. The lowest BCUT2D eigenvalue weighted by molar-refractivity contribution is 0.321. The predicted octanol–water partition coefficient (Wildman–Crippen LogP) is 0.355. The van der Waals surface area contributed by atoms with Crippen LogP contribution in [-0.4, -0.2) is 68.5 Å². The van der Waals surface area contributed by atoms with Gasteiger partial charge in [-0.15, -0.1) is 0 Å². The minimum absolute atomic E-state index is 0.198. The van der Waals surface area contributed by atoms with Crippen LogP contribution in [0.5, 0.6) is 0 Å². The summed E-state index contributed by atoms with van der Waals surface area (Å²) in [5.41, 5.74) is 0. The maximum Gasteiger partial charge on any atom is 0.191 e. The zero-order chi connectivity index (χ0) is 15.9. The zero-order valence-corrected chi connectivity index (χ0v) is 14.5. The lowest BCUT2D eigenvalue weighted by Crippen LogP contribution is -2.45. The van der Waals surface area contributed by atoms with Crippen LogP contribution >= 0.6 is 0 Å². The van der Waals surface area contributed by atoms with Crippen molar-refractivity contribution in [1.29, 1.82) is 0 Å². The molecule has 0 aromatic rings. The summed E-state index contributed by atoms with van der Waals surface area (Å²) in [5, 5.41) is 7.09. The van der Waals surface area contributed by atoms with Gasteiger partial charge >= 0.3 is 0 Å². The molecule has 0 aromatic carbocycles. The van der Waals surface area contributed by atoms with E-state index in [2.05, 4.69) is 15.5 Å². The van der Waals surface area contributed by atoms with Crippen molar-refractivity contribution in [3.05, 3.63) is 0 Å². The quantitative estimate of drug-likeness (QED) is 0.558. The van der Waals surface area contributed by atoms with Crippen molar-refractivity contribution in [2.24, 2.45) is 10.9 Å². The predicted molar refractivity (Wildman–Crippen MR) is 91.4 cm³/mol. The summed E-state index contributed by atoms with van der Waals surface area (Å²) in [4.78, 5) is 7.31. The minimum atomic E-state index is -2.80. The standard InChI is InChI=1S/C16H28N4O2S/c21-23(22)8-6-12(11-23)9-17-16(18-13-1-2-13)19-14-5-7-20(10-14)15-3-4-15/h12-15H,1-11H2,(H2,17,18,19). The third-order valence-electron chi connectivity index (χ3n) is 5.38. The molecule has 2 heterocycles. The van der Waals surface area contributed by atoms with Crippen LogP contribution in [0.15, 0.2) is 4.99 Å². The van der Waals surface area contributed by atoms with Gasteiger partial charge in [-0.05, 0) is 44.4 Å². The van der Waals surface area contributed by atoms with Gasteiger partial charge in [0, 0.05) is 37.8 Å². The van der Waals surface area contributed by atoms with Crippen LogP contribution in [0.1, 0.15) is 38.5 Å². The molecule has 0 bridgehead atoms. The van der Waals surface area contributed by atoms with Crippen molar-refractivity contribution in [2.45, 2.75) is 56.7 Å². The van der Waals surface area contributed by atoms with Crippen molar-refractivity contribution >= 4 is 15.8 Å². The molecule has 23 heavy (non-hydrogen) atoms. The molecule has 2 saturated carbocycles. The van der Waals surface area contributed by atoms with E-state index in [4.69, 9.17) is 4.99 Å². The first-order valence-electron chi connectivity index (χ1n) is 9.09. The first kappa shape index (κ1) is 15.7. The number of nitrogens with zero attached hydrogens (tertiary/aromatic N) is 2. The van der Waals surface area contributed by atoms with Gasteiger partial charge in [0.2, 0.25) is 0 Å². The number of guanidine groups is 1. The van der Waals surface area contributed by atoms with Crippen molar-refractivity contribution in [3.8, 4) is 0 Å². The average Bonchev–Trinajstić information content (AvgIpc) is 3.42. The van der Waals surface area contributed by atoms with Crippen LogP contribution in [0.2, 0.25) is 0 Å². The molecule has 4 fully saturated rings. The van der Waals surface area contributed by atoms with Crippen LogP contribution in [0.4, 0.5) is 0 Å². The van der Waals surface area contributed by atoms with Gasteiger partial charge in [0.05, 0.1) is 11.5 Å². The molecular weight excluding hydrogens is 312 g/mol. The summed E-state index contributed by atoms with van der Waals surface area (Å²) in [6, 6.07) is 1.88. The van der Waals surface area contributed by atoms with Gasteiger partial charge in [0.15, 0.2) is 15.8 Å². The highest BCUT2D eigenvalue weighted by Gasteiger charge is 2.35. The molecule has 0 radical (unpaired) electrons. The van der Waals surface area contributed by atoms with Gasteiger partial charge in [-0.25, -0.2) is 8.42 Å².